The molecule has 5 nitrogen and oxygen atoms in total. The third-order valence-corrected chi connectivity index (χ3v) is 5.15. The summed E-state index contributed by atoms with van der Waals surface area (Å²) in [6.45, 7) is 3.42. The molecule has 1 atom stereocenters. The number of carbonyl (C=O) groups excluding carboxylic acids is 2. The molecule has 2 heterocycles. The molecule has 0 aliphatic carbocycles. The lowest BCUT2D eigenvalue weighted by molar-refractivity contribution is -0.132. The van der Waals surface area contributed by atoms with Crippen molar-refractivity contribution in [1.29, 1.82) is 0 Å². The van der Waals surface area contributed by atoms with Crippen molar-refractivity contribution in [3.05, 3.63) is 66.0 Å². The number of rotatable bonds is 6. The van der Waals surface area contributed by atoms with Crippen LogP contribution in [0.4, 0.5) is 0 Å². The molecule has 2 amide bonds. The second kappa shape index (κ2) is 9.31. The van der Waals surface area contributed by atoms with Crippen molar-refractivity contribution in [3.8, 4) is 0 Å². The van der Waals surface area contributed by atoms with E-state index < -0.39 is 0 Å². The molecule has 142 valence electrons. The number of hydrogen-bond acceptors (Lipinski definition) is 3. The van der Waals surface area contributed by atoms with Crippen LogP contribution in [-0.2, 0) is 16.0 Å². The van der Waals surface area contributed by atoms with Gasteiger partial charge in [-0.3, -0.25) is 14.6 Å². The highest BCUT2D eigenvalue weighted by Gasteiger charge is 2.25. The van der Waals surface area contributed by atoms with Crippen molar-refractivity contribution in [3.63, 3.8) is 0 Å². The van der Waals surface area contributed by atoms with Gasteiger partial charge in [0.15, 0.2) is 0 Å². The first kappa shape index (κ1) is 19.1. The number of benzene rings is 1. The fraction of sp³-hybridized carbons (Fsp3) is 0.409. The highest BCUT2D eigenvalue weighted by molar-refractivity contribution is 5.79. The van der Waals surface area contributed by atoms with Crippen molar-refractivity contribution >= 4 is 11.8 Å². The summed E-state index contributed by atoms with van der Waals surface area (Å²) in [5.74, 6) is 0.566. The summed E-state index contributed by atoms with van der Waals surface area (Å²) in [5, 5.41) is 3.03. The van der Waals surface area contributed by atoms with Crippen molar-refractivity contribution < 1.29 is 9.59 Å². The van der Waals surface area contributed by atoms with Crippen molar-refractivity contribution in [2.24, 2.45) is 5.92 Å². The average Bonchev–Trinajstić information content (AvgIpc) is 2.70. The molecule has 27 heavy (non-hydrogen) atoms. The number of aromatic nitrogens is 1. The van der Waals surface area contributed by atoms with E-state index >= 15 is 0 Å². The van der Waals surface area contributed by atoms with Gasteiger partial charge in [0.2, 0.25) is 11.8 Å². The van der Waals surface area contributed by atoms with E-state index in [0.717, 1.165) is 37.2 Å². The van der Waals surface area contributed by atoms with Crippen LogP contribution in [-0.4, -0.2) is 34.8 Å². The van der Waals surface area contributed by atoms with Crippen LogP contribution < -0.4 is 5.32 Å². The molecular weight excluding hydrogens is 338 g/mol. The maximum atomic E-state index is 12.4. The minimum absolute atomic E-state index is 0.0576. The summed E-state index contributed by atoms with van der Waals surface area (Å²) in [4.78, 5) is 31.0. The van der Waals surface area contributed by atoms with E-state index in [4.69, 9.17) is 0 Å². The SMILES string of the molecule is C[C@H](NC(=O)CC1CCN(C(=O)Cc2ccccc2)CC1)c1ccccn1. The number of amides is 2. The monoisotopic (exact) mass is 365 g/mol. The van der Waals surface area contributed by atoms with Crippen LogP contribution in [0.25, 0.3) is 0 Å². The van der Waals surface area contributed by atoms with Crippen molar-refractivity contribution in [2.45, 2.75) is 38.6 Å². The first-order valence-electron chi connectivity index (χ1n) is 9.64. The number of pyridine rings is 1. The smallest absolute Gasteiger partial charge is 0.226 e. The number of nitrogens with zero attached hydrogens (tertiary/aromatic N) is 2. The molecule has 0 bridgehead atoms. The number of piperidine rings is 1. The molecule has 1 aromatic heterocycles. The Bertz CT molecular complexity index is 741. The standard InChI is InChI=1S/C22H27N3O2/c1-17(20-9-5-6-12-23-20)24-21(26)15-19-10-13-25(14-11-19)22(27)16-18-7-3-2-4-8-18/h2-9,12,17,19H,10-11,13-16H2,1H3,(H,24,26)/t17-/m0/s1. The second-order valence-electron chi connectivity index (χ2n) is 7.23. The predicted molar refractivity (Wildman–Crippen MR) is 105 cm³/mol. The number of likely N-dealkylation sites (tertiary alicyclic amines) is 1. The summed E-state index contributed by atoms with van der Waals surface area (Å²) in [5.41, 5.74) is 1.92. The summed E-state index contributed by atoms with van der Waals surface area (Å²) in [6, 6.07) is 15.5. The Kier molecular flexibility index (Phi) is 6.58. The molecule has 5 heteroatoms. The van der Waals surface area contributed by atoms with Crippen molar-refractivity contribution in [1.82, 2.24) is 15.2 Å². The molecule has 0 unspecified atom stereocenters. The fourth-order valence-electron chi connectivity index (χ4n) is 3.54. The van der Waals surface area contributed by atoms with E-state index in [9.17, 15) is 9.59 Å². The lowest BCUT2D eigenvalue weighted by atomic mass is 9.92. The Morgan fingerprint density at radius 1 is 1.11 bits per heavy atom. The molecule has 0 spiro atoms. The molecule has 2 aromatic rings. The van der Waals surface area contributed by atoms with Crippen LogP contribution in [0, 0.1) is 5.92 Å². The van der Waals surface area contributed by atoms with Gasteiger partial charge < -0.3 is 10.2 Å². The second-order valence-corrected chi connectivity index (χ2v) is 7.23. The van der Waals surface area contributed by atoms with Crippen LogP contribution >= 0.6 is 0 Å². The van der Waals surface area contributed by atoms with Crippen LogP contribution in [0.5, 0.6) is 0 Å². The van der Waals surface area contributed by atoms with Gasteiger partial charge in [0.05, 0.1) is 18.2 Å². The molecule has 1 aliphatic rings. The Hall–Kier alpha value is -2.69. The summed E-state index contributed by atoms with van der Waals surface area (Å²) in [7, 11) is 0. The molecular formula is C22H27N3O2. The van der Waals surface area contributed by atoms with Gasteiger partial charge >= 0.3 is 0 Å². The Labute approximate surface area is 160 Å². The van der Waals surface area contributed by atoms with Gasteiger partial charge in [-0.1, -0.05) is 36.4 Å². The largest absolute Gasteiger partial charge is 0.348 e. The topological polar surface area (TPSA) is 62.3 Å². The summed E-state index contributed by atoms with van der Waals surface area (Å²) in [6.07, 6.45) is 4.46. The van der Waals surface area contributed by atoms with Crippen LogP contribution in [0.3, 0.4) is 0 Å². The number of carbonyl (C=O) groups is 2. The quantitative estimate of drug-likeness (QED) is 0.855. The van der Waals surface area contributed by atoms with E-state index in [1.807, 2.05) is 60.4 Å². The van der Waals surface area contributed by atoms with E-state index in [-0.39, 0.29) is 17.9 Å². The molecule has 1 aliphatic heterocycles. The normalized spacial score (nSPS) is 16.0. The predicted octanol–water partition coefficient (Wildman–Crippen LogP) is 3.13. The maximum Gasteiger partial charge on any atom is 0.226 e. The van der Waals surface area contributed by atoms with E-state index in [1.54, 1.807) is 6.20 Å². The van der Waals surface area contributed by atoms with E-state index in [2.05, 4.69) is 10.3 Å². The number of nitrogens with one attached hydrogen (secondary N) is 1. The van der Waals surface area contributed by atoms with E-state index in [0.29, 0.717) is 18.8 Å². The number of hydrogen-bond donors (Lipinski definition) is 1. The Morgan fingerprint density at radius 2 is 1.81 bits per heavy atom. The summed E-state index contributed by atoms with van der Waals surface area (Å²) < 4.78 is 0. The molecule has 1 N–H and O–H groups in total. The average molecular weight is 365 g/mol. The molecule has 0 radical (unpaired) electrons. The minimum Gasteiger partial charge on any atom is -0.348 e. The van der Waals surface area contributed by atoms with E-state index in [1.165, 1.54) is 0 Å². The first-order valence-corrected chi connectivity index (χ1v) is 9.64. The van der Waals surface area contributed by atoms with Gasteiger partial charge in [-0.25, -0.2) is 0 Å². The fourth-order valence-corrected chi connectivity index (χ4v) is 3.54. The van der Waals surface area contributed by atoms with Crippen LogP contribution in [0.1, 0.15) is 43.5 Å². The van der Waals surface area contributed by atoms with Crippen molar-refractivity contribution in [2.75, 3.05) is 13.1 Å². The first-order chi connectivity index (χ1) is 13.1. The van der Waals surface area contributed by atoms with Crippen LogP contribution in [0.15, 0.2) is 54.7 Å². The molecule has 1 fully saturated rings. The van der Waals surface area contributed by atoms with Gasteiger partial charge in [0.25, 0.3) is 0 Å². The zero-order valence-electron chi connectivity index (χ0n) is 15.8. The van der Waals surface area contributed by atoms with Gasteiger partial charge in [-0.15, -0.1) is 0 Å². The molecule has 1 saturated heterocycles. The molecule has 0 saturated carbocycles. The Balaban J connectivity index is 1.41. The Morgan fingerprint density at radius 3 is 2.48 bits per heavy atom. The highest BCUT2D eigenvalue weighted by atomic mass is 16.2. The lowest BCUT2D eigenvalue weighted by Crippen LogP contribution is -2.40. The maximum absolute atomic E-state index is 12.4. The molecule has 3 rings (SSSR count). The highest BCUT2D eigenvalue weighted by Crippen LogP contribution is 2.22. The minimum atomic E-state index is -0.0914. The van der Waals surface area contributed by atoms with Gasteiger partial charge in [0, 0.05) is 25.7 Å². The lowest BCUT2D eigenvalue weighted by Gasteiger charge is -2.32. The van der Waals surface area contributed by atoms with Gasteiger partial charge in [-0.2, -0.15) is 0 Å². The summed E-state index contributed by atoms with van der Waals surface area (Å²) >= 11 is 0. The zero-order chi connectivity index (χ0) is 19.1. The third kappa shape index (κ3) is 5.64. The van der Waals surface area contributed by atoms with Gasteiger partial charge in [-0.05, 0) is 43.4 Å². The van der Waals surface area contributed by atoms with Crippen LogP contribution in [0.2, 0.25) is 0 Å². The third-order valence-electron chi connectivity index (χ3n) is 5.15. The zero-order valence-corrected chi connectivity index (χ0v) is 15.8. The van der Waals surface area contributed by atoms with Gasteiger partial charge in [0.1, 0.15) is 0 Å². The molecule has 1 aromatic carbocycles.